The topological polar surface area (TPSA) is 32.9 Å². The molecule has 2 nitrogen and oxygen atoms in total. The zero-order chi connectivity index (χ0) is 13.3. The highest BCUT2D eigenvalue weighted by Gasteiger charge is 2.40. The van der Waals surface area contributed by atoms with Gasteiger partial charge in [0.1, 0.15) is 5.82 Å². The lowest BCUT2D eigenvalue weighted by Crippen LogP contribution is -2.22. The monoisotopic (exact) mass is 257 g/mol. The highest BCUT2D eigenvalue weighted by molar-refractivity contribution is 5.99. The van der Waals surface area contributed by atoms with Crippen LogP contribution in [0.3, 0.4) is 0 Å². The second-order valence-electron chi connectivity index (χ2n) is 3.59. The summed E-state index contributed by atoms with van der Waals surface area (Å²) in [6.07, 6.45) is -4.95. The predicted molar refractivity (Wildman–Crippen MR) is 56.6 cm³/mol. The van der Waals surface area contributed by atoms with Crippen molar-refractivity contribution < 1.29 is 22.4 Å². The van der Waals surface area contributed by atoms with E-state index in [9.17, 15) is 22.4 Å². The van der Waals surface area contributed by atoms with Gasteiger partial charge < -0.3 is 4.98 Å². The number of aromatic nitrogens is 1. The summed E-state index contributed by atoms with van der Waals surface area (Å²) in [5, 5.41) is 0. The molecule has 0 saturated carbocycles. The summed E-state index contributed by atoms with van der Waals surface area (Å²) in [6.45, 7) is 0. The zero-order valence-corrected chi connectivity index (χ0v) is 8.88. The summed E-state index contributed by atoms with van der Waals surface area (Å²) < 4.78 is 49.9. The van der Waals surface area contributed by atoms with Crippen LogP contribution in [0, 0.1) is 5.82 Å². The van der Waals surface area contributed by atoms with Crippen LogP contribution in [0.4, 0.5) is 17.6 Å². The van der Waals surface area contributed by atoms with Gasteiger partial charge in [-0.25, -0.2) is 4.39 Å². The normalized spacial score (nSPS) is 11.6. The molecule has 1 N–H and O–H groups in total. The van der Waals surface area contributed by atoms with Gasteiger partial charge in [-0.1, -0.05) is 12.1 Å². The van der Waals surface area contributed by atoms with E-state index in [0.29, 0.717) is 0 Å². The number of carbonyl (C=O) groups excluding carboxylic acids is 1. The summed E-state index contributed by atoms with van der Waals surface area (Å²) in [6, 6.07) is 7.81. The average Bonchev–Trinajstić information content (AvgIpc) is 2.76. The first-order chi connectivity index (χ1) is 8.39. The second-order valence-corrected chi connectivity index (χ2v) is 3.59. The highest BCUT2D eigenvalue weighted by Crippen LogP contribution is 2.25. The van der Waals surface area contributed by atoms with E-state index in [2.05, 4.69) is 4.98 Å². The maximum Gasteiger partial charge on any atom is 0.456 e. The fourth-order valence-electron chi connectivity index (χ4n) is 1.52. The van der Waals surface area contributed by atoms with Crippen LogP contribution in [0.15, 0.2) is 36.4 Å². The van der Waals surface area contributed by atoms with Crippen LogP contribution in [0.1, 0.15) is 10.5 Å². The Bertz CT molecular complexity index is 586. The molecule has 0 spiro atoms. The Labute approximate surface area is 99.3 Å². The number of Topliss-reactive ketones (excluding diaryl/α,β-unsaturated/α-hetero) is 1. The number of benzene rings is 1. The minimum atomic E-state index is -4.95. The van der Waals surface area contributed by atoms with Gasteiger partial charge in [-0.2, -0.15) is 13.2 Å². The van der Waals surface area contributed by atoms with Gasteiger partial charge in [-0.15, -0.1) is 0 Å². The van der Waals surface area contributed by atoms with E-state index < -0.39 is 23.5 Å². The van der Waals surface area contributed by atoms with Gasteiger partial charge in [-0.3, -0.25) is 4.79 Å². The van der Waals surface area contributed by atoms with Gasteiger partial charge in [0, 0.05) is 11.3 Å². The Morgan fingerprint density at radius 3 is 2.33 bits per heavy atom. The van der Waals surface area contributed by atoms with Gasteiger partial charge in [0.05, 0.1) is 5.69 Å². The van der Waals surface area contributed by atoms with Crippen molar-refractivity contribution >= 4 is 5.78 Å². The van der Waals surface area contributed by atoms with Crippen LogP contribution in [0.2, 0.25) is 0 Å². The van der Waals surface area contributed by atoms with Gasteiger partial charge in [0.2, 0.25) is 0 Å². The summed E-state index contributed by atoms with van der Waals surface area (Å²) in [4.78, 5) is 13.2. The van der Waals surface area contributed by atoms with E-state index in [0.717, 1.165) is 6.07 Å². The van der Waals surface area contributed by atoms with Crippen LogP contribution >= 0.6 is 0 Å². The number of halogens is 4. The Morgan fingerprint density at radius 2 is 1.72 bits per heavy atom. The van der Waals surface area contributed by atoms with Crippen LogP contribution in [0.25, 0.3) is 11.3 Å². The third-order valence-electron chi connectivity index (χ3n) is 2.35. The second kappa shape index (κ2) is 4.29. The predicted octanol–water partition coefficient (Wildman–Crippen LogP) is 3.57. The Balaban J connectivity index is 2.38. The molecular formula is C12H7F4NO. The minimum absolute atomic E-state index is 0.110. The molecule has 0 unspecified atom stereocenters. The number of alkyl halides is 3. The van der Waals surface area contributed by atoms with E-state index in [1.165, 1.54) is 24.3 Å². The molecule has 2 aromatic rings. The van der Waals surface area contributed by atoms with Gasteiger partial charge in [0.15, 0.2) is 0 Å². The summed E-state index contributed by atoms with van der Waals surface area (Å²) in [5.74, 6) is -2.56. The standard InChI is InChI=1S/C12H7F4NO/c13-8-4-2-1-3-7(8)9-5-6-10(17-9)11(18)12(14,15)16/h1-6,17H. The molecule has 0 aliphatic carbocycles. The van der Waals surface area contributed by atoms with E-state index >= 15 is 0 Å². The number of hydrogen-bond donors (Lipinski definition) is 1. The fraction of sp³-hybridized carbons (Fsp3) is 0.0833. The van der Waals surface area contributed by atoms with Crippen LogP contribution < -0.4 is 0 Å². The van der Waals surface area contributed by atoms with E-state index in [4.69, 9.17) is 0 Å². The lowest BCUT2D eigenvalue weighted by atomic mass is 10.1. The molecule has 0 saturated heterocycles. The van der Waals surface area contributed by atoms with Crippen molar-refractivity contribution in [3.05, 3.63) is 47.9 Å². The van der Waals surface area contributed by atoms with Gasteiger partial charge in [0.25, 0.3) is 5.78 Å². The average molecular weight is 257 g/mol. The van der Waals surface area contributed by atoms with E-state index in [1.54, 1.807) is 6.07 Å². The lowest BCUT2D eigenvalue weighted by Gasteiger charge is -2.03. The summed E-state index contributed by atoms with van der Waals surface area (Å²) in [5.41, 5.74) is -0.375. The quantitative estimate of drug-likeness (QED) is 0.647. The number of carbonyl (C=O) groups is 1. The number of nitrogens with one attached hydrogen (secondary N) is 1. The Hall–Kier alpha value is -2.11. The molecule has 1 heterocycles. The maximum atomic E-state index is 13.4. The van der Waals surface area contributed by atoms with Gasteiger partial charge >= 0.3 is 6.18 Å². The SMILES string of the molecule is O=C(c1ccc(-c2ccccc2F)[nH]1)C(F)(F)F. The number of hydrogen-bond acceptors (Lipinski definition) is 1. The first kappa shape index (κ1) is 12.3. The molecule has 0 aliphatic rings. The Morgan fingerprint density at radius 1 is 1.06 bits per heavy atom. The molecule has 0 aliphatic heterocycles. The fourth-order valence-corrected chi connectivity index (χ4v) is 1.52. The molecule has 2 rings (SSSR count). The molecule has 18 heavy (non-hydrogen) atoms. The molecule has 0 atom stereocenters. The molecule has 94 valence electrons. The Kier molecular flexibility index (Phi) is 2.94. The number of rotatable bonds is 2. The molecule has 0 fully saturated rings. The van der Waals surface area contributed by atoms with Crippen LogP contribution in [-0.2, 0) is 0 Å². The maximum absolute atomic E-state index is 13.4. The highest BCUT2D eigenvalue weighted by atomic mass is 19.4. The third-order valence-corrected chi connectivity index (χ3v) is 2.35. The minimum Gasteiger partial charge on any atom is -0.352 e. The van der Waals surface area contributed by atoms with E-state index in [-0.39, 0.29) is 11.3 Å². The molecule has 0 radical (unpaired) electrons. The number of H-pyrrole nitrogens is 1. The van der Waals surface area contributed by atoms with Crippen molar-refractivity contribution in [2.75, 3.05) is 0 Å². The van der Waals surface area contributed by atoms with E-state index in [1.807, 2.05) is 0 Å². The third kappa shape index (κ3) is 2.27. The summed E-state index contributed by atoms with van der Waals surface area (Å²) in [7, 11) is 0. The first-order valence-electron chi connectivity index (χ1n) is 4.95. The molecule has 0 amide bonds. The number of ketones is 1. The first-order valence-corrected chi connectivity index (χ1v) is 4.95. The molecule has 0 bridgehead atoms. The summed E-state index contributed by atoms with van der Waals surface area (Å²) >= 11 is 0. The molecular weight excluding hydrogens is 250 g/mol. The van der Waals surface area contributed by atoms with Crippen LogP contribution in [-0.4, -0.2) is 16.9 Å². The van der Waals surface area contributed by atoms with Crippen molar-refractivity contribution in [3.8, 4) is 11.3 Å². The largest absolute Gasteiger partial charge is 0.456 e. The molecule has 1 aromatic heterocycles. The smallest absolute Gasteiger partial charge is 0.352 e. The van der Waals surface area contributed by atoms with Gasteiger partial charge in [-0.05, 0) is 24.3 Å². The van der Waals surface area contributed by atoms with Crippen molar-refractivity contribution in [1.29, 1.82) is 0 Å². The number of aromatic amines is 1. The lowest BCUT2D eigenvalue weighted by molar-refractivity contribution is -0.0887. The van der Waals surface area contributed by atoms with Crippen molar-refractivity contribution in [3.63, 3.8) is 0 Å². The molecule has 1 aromatic carbocycles. The van der Waals surface area contributed by atoms with Crippen molar-refractivity contribution in [1.82, 2.24) is 4.98 Å². The van der Waals surface area contributed by atoms with Crippen LogP contribution in [0.5, 0.6) is 0 Å². The van der Waals surface area contributed by atoms with Crippen molar-refractivity contribution in [2.24, 2.45) is 0 Å². The zero-order valence-electron chi connectivity index (χ0n) is 8.88. The van der Waals surface area contributed by atoms with Crippen molar-refractivity contribution in [2.45, 2.75) is 6.18 Å². The molecule has 6 heteroatoms.